The molecule has 332 valence electrons. The van der Waals surface area contributed by atoms with Gasteiger partial charge in [0, 0.05) is 55.2 Å². The van der Waals surface area contributed by atoms with Crippen molar-refractivity contribution in [2.45, 2.75) is 5.41 Å². The van der Waals surface area contributed by atoms with Crippen molar-refractivity contribution in [2.75, 3.05) is 4.90 Å². The molecular formula is C68H45N3. The van der Waals surface area contributed by atoms with Gasteiger partial charge in [-0.3, -0.25) is 0 Å². The number of pyridine rings is 1. The van der Waals surface area contributed by atoms with Gasteiger partial charge in [0.25, 0.3) is 0 Å². The van der Waals surface area contributed by atoms with Crippen molar-refractivity contribution in [3.63, 3.8) is 0 Å². The topological polar surface area (TPSA) is 21.1 Å². The second-order valence-corrected chi connectivity index (χ2v) is 18.6. The summed E-state index contributed by atoms with van der Waals surface area (Å²) in [4.78, 5) is 7.88. The van der Waals surface area contributed by atoms with E-state index in [1.54, 1.807) is 0 Å². The van der Waals surface area contributed by atoms with Crippen LogP contribution in [0.15, 0.2) is 273 Å². The lowest BCUT2D eigenvalue weighted by Crippen LogP contribution is -2.28. The van der Waals surface area contributed by atoms with Crippen molar-refractivity contribution in [3.8, 4) is 39.2 Å². The van der Waals surface area contributed by atoms with Crippen molar-refractivity contribution >= 4 is 60.5 Å². The van der Waals surface area contributed by atoms with E-state index in [2.05, 4.69) is 282 Å². The summed E-state index contributed by atoms with van der Waals surface area (Å²) in [5.41, 5.74) is 19.1. The molecule has 0 saturated carbocycles. The van der Waals surface area contributed by atoms with Crippen molar-refractivity contribution in [1.82, 2.24) is 9.55 Å². The van der Waals surface area contributed by atoms with E-state index in [9.17, 15) is 0 Å². The number of benzene rings is 11. The predicted molar refractivity (Wildman–Crippen MR) is 296 cm³/mol. The molecule has 0 radical (unpaired) electrons. The maximum absolute atomic E-state index is 5.47. The van der Waals surface area contributed by atoms with Crippen LogP contribution in [0, 0.1) is 0 Å². The Morgan fingerprint density at radius 1 is 0.338 bits per heavy atom. The fraction of sp³-hybridized carbons (Fsp3) is 0.0147. The third-order valence-corrected chi connectivity index (χ3v) is 14.8. The van der Waals surface area contributed by atoms with E-state index in [1.807, 2.05) is 0 Å². The zero-order valence-corrected chi connectivity index (χ0v) is 38.8. The predicted octanol–water partition coefficient (Wildman–Crippen LogP) is 17.7. The Hall–Kier alpha value is -9.31. The summed E-state index contributed by atoms with van der Waals surface area (Å²) in [7, 11) is 0. The second-order valence-electron chi connectivity index (χ2n) is 18.6. The van der Waals surface area contributed by atoms with Crippen molar-refractivity contribution in [3.05, 3.63) is 295 Å². The van der Waals surface area contributed by atoms with Gasteiger partial charge >= 0.3 is 0 Å². The van der Waals surface area contributed by atoms with Gasteiger partial charge in [0.05, 0.1) is 27.7 Å². The Balaban J connectivity index is 0.965. The van der Waals surface area contributed by atoms with Gasteiger partial charge in [-0.25, -0.2) is 4.98 Å². The summed E-state index contributed by atoms with van der Waals surface area (Å²) in [6, 6.07) is 99.5. The molecule has 11 aromatic carbocycles. The molecule has 14 rings (SSSR count). The van der Waals surface area contributed by atoms with E-state index >= 15 is 0 Å². The fourth-order valence-electron chi connectivity index (χ4n) is 11.8. The van der Waals surface area contributed by atoms with Gasteiger partial charge in [0.1, 0.15) is 0 Å². The van der Waals surface area contributed by atoms with Crippen LogP contribution in [0.1, 0.15) is 22.3 Å². The molecule has 71 heavy (non-hydrogen) atoms. The van der Waals surface area contributed by atoms with E-state index < -0.39 is 5.41 Å². The van der Waals surface area contributed by atoms with Crippen molar-refractivity contribution < 1.29 is 0 Å². The summed E-state index contributed by atoms with van der Waals surface area (Å²) in [5, 5.41) is 5.96. The summed E-state index contributed by atoms with van der Waals surface area (Å²) < 4.78 is 2.40. The largest absolute Gasteiger partial charge is 0.310 e. The molecule has 0 atom stereocenters. The Morgan fingerprint density at radius 3 is 1.58 bits per heavy atom. The standard InChI is InChI=1S/C68H45N3/c1-5-19-46(20-6-1)47-33-37-52(38-34-47)70(54-41-42-56-55-27-13-16-30-60(55)68(61(56)45-54,49-21-7-2-8-22-49)50-23-9-3-10-24-50)53-39-35-48(36-40-53)67-59-43-44-64-66(65(59)57-28-14-17-31-62(57)69-67)58-29-15-18-32-63(58)71(64)51-25-11-4-12-26-51/h1-45H. The number of anilines is 3. The van der Waals surface area contributed by atoms with E-state index in [0.29, 0.717) is 0 Å². The number of rotatable bonds is 8. The molecule has 0 saturated heterocycles. The van der Waals surface area contributed by atoms with Crippen LogP contribution < -0.4 is 4.90 Å². The fourth-order valence-corrected chi connectivity index (χ4v) is 11.8. The number of nitrogens with zero attached hydrogens (tertiary/aromatic N) is 3. The molecule has 0 N–H and O–H groups in total. The molecule has 0 fully saturated rings. The van der Waals surface area contributed by atoms with Crippen LogP contribution in [0.4, 0.5) is 17.1 Å². The molecular weight excluding hydrogens is 859 g/mol. The van der Waals surface area contributed by atoms with Crippen LogP contribution in [0.25, 0.3) is 82.7 Å². The SMILES string of the molecule is c1ccc(-c2ccc(N(c3ccc(-c4nc5ccccc5c5c4ccc4c5c5ccccc5n4-c4ccccc4)cc3)c3ccc4c(c3)C(c3ccccc3)(c3ccccc3)c3ccccc3-4)cc2)cc1. The van der Waals surface area contributed by atoms with Gasteiger partial charge in [0.15, 0.2) is 0 Å². The molecule has 13 aromatic rings. The minimum atomic E-state index is -0.529. The number of para-hydroxylation sites is 3. The number of hydrogen-bond donors (Lipinski definition) is 0. The summed E-state index contributed by atoms with van der Waals surface area (Å²) in [6.07, 6.45) is 0. The highest BCUT2D eigenvalue weighted by Crippen LogP contribution is 2.57. The number of fused-ring (bicyclic) bond motifs is 10. The normalized spacial score (nSPS) is 12.6. The average molecular weight is 904 g/mol. The molecule has 2 heterocycles. The van der Waals surface area contributed by atoms with Crippen molar-refractivity contribution in [2.24, 2.45) is 0 Å². The lowest BCUT2D eigenvalue weighted by Gasteiger charge is -2.35. The van der Waals surface area contributed by atoms with Crippen LogP contribution >= 0.6 is 0 Å². The van der Waals surface area contributed by atoms with E-state index in [0.717, 1.165) is 50.3 Å². The summed E-state index contributed by atoms with van der Waals surface area (Å²) >= 11 is 0. The molecule has 2 aromatic heterocycles. The molecule has 0 amide bonds. The van der Waals surface area contributed by atoms with Crippen LogP contribution in [-0.2, 0) is 5.41 Å². The minimum Gasteiger partial charge on any atom is -0.310 e. The maximum Gasteiger partial charge on any atom is 0.0788 e. The smallest absolute Gasteiger partial charge is 0.0788 e. The summed E-state index contributed by atoms with van der Waals surface area (Å²) in [6.45, 7) is 0. The molecule has 3 nitrogen and oxygen atoms in total. The first-order valence-electron chi connectivity index (χ1n) is 24.5. The maximum atomic E-state index is 5.47. The monoisotopic (exact) mass is 903 g/mol. The van der Waals surface area contributed by atoms with Gasteiger partial charge in [-0.15, -0.1) is 0 Å². The number of aromatic nitrogens is 2. The highest BCUT2D eigenvalue weighted by molar-refractivity contribution is 6.29. The van der Waals surface area contributed by atoms with Gasteiger partial charge in [-0.05, 0) is 111 Å². The van der Waals surface area contributed by atoms with Gasteiger partial charge in [-0.1, -0.05) is 206 Å². The van der Waals surface area contributed by atoms with Crippen LogP contribution in [0.2, 0.25) is 0 Å². The Kier molecular flexibility index (Phi) is 9.43. The Morgan fingerprint density at radius 2 is 0.873 bits per heavy atom. The Bertz CT molecular complexity index is 4090. The molecule has 1 aliphatic carbocycles. The Labute approximate surface area is 412 Å². The third-order valence-electron chi connectivity index (χ3n) is 14.8. The highest BCUT2D eigenvalue weighted by atomic mass is 15.1. The number of hydrogen-bond acceptors (Lipinski definition) is 2. The van der Waals surface area contributed by atoms with Crippen LogP contribution in [0.5, 0.6) is 0 Å². The van der Waals surface area contributed by atoms with E-state index in [1.165, 1.54) is 71.7 Å². The lowest BCUT2D eigenvalue weighted by atomic mass is 9.67. The minimum absolute atomic E-state index is 0.529. The lowest BCUT2D eigenvalue weighted by molar-refractivity contribution is 0.768. The third kappa shape index (κ3) is 6.33. The molecule has 0 spiro atoms. The summed E-state index contributed by atoms with van der Waals surface area (Å²) in [5.74, 6) is 0. The van der Waals surface area contributed by atoms with Gasteiger partial charge in [-0.2, -0.15) is 0 Å². The highest BCUT2D eigenvalue weighted by Gasteiger charge is 2.46. The molecule has 1 aliphatic rings. The van der Waals surface area contributed by atoms with Crippen LogP contribution in [-0.4, -0.2) is 9.55 Å². The van der Waals surface area contributed by atoms with Gasteiger partial charge in [0.2, 0.25) is 0 Å². The van der Waals surface area contributed by atoms with Crippen molar-refractivity contribution in [1.29, 1.82) is 0 Å². The molecule has 0 aliphatic heterocycles. The second kappa shape index (κ2) is 16.4. The average Bonchev–Trinajstić information content (AvgIpc) is 3.95. The van der Waals surface area contributed by atoms with E-state index in [-0.39, 0.29) is 0 Å². The van der Waals surface area contributed by atoms with Crippen LogP contribution in [0.3, 0.4) is 0 Å². The quantitative estimate of drug-likeness (QED) is 0.142. The first-order chi connectivity index (χ1) is 35.2. The zero-order chi connectivity index (χ0) is 46.9. The first kappa shape index (κ1) is 40.7. The molecule has 3 heteroatoms. The first-order valence-corrected chi connectivity index (χ1v) is 24.5. The van der Waals surface area contributed by atoms with Gasteiger partial charge < -0.3 is 9.47 Å². The van der Waals surface area contributed by atoms with E-state index in [4.69, 9.17) is 4.98 Å². The zero-order valence-electron chi connectivity index (χ0n) is 38.8. The molecule has 0 unspecified atom stereocenters. The molecule has 0 bridgehead atoms.